The minimum atomic E-state index is -3.27. The number of nitrogens with one attached hydrogen (secondary N) is 2. The monoisotopic (exact) mass is 322 g/mol. The van der Waals surface area contributed by atoms with E-state index < -0.39 is 15.9 Å². The summed E-state index contributed by atoms with van der Waals surface area (Å²) in [6, 6.07) is 11.4. The Balaban J connectivity index is 1.94. The molecule has 7 heteroatoms. The number of amides is 2. The molecule has 22 heavy (non-hydrogen) atoms. The molecule has 2 rings (SSSR count). The minimum Gasteiger partial charge on any atom is -0.334 e. The van der Waals surface area contributed by atoms with E-state index in [4.69, 9.17) is 0 Å². The summed E-state index contributed by atoms with van der Waals surface area (Å²) in [6.07, 6.45) is 1.11. The van der Waals surface area contributed by atoms with Crippen LogP contribution >= 0.6 is 0 Å². The molecule has 0 atom stereocenters. The number of urea groups is 1. The van der Waals surface area contributed by atoms with E-state index in [9.17, 15) is 17.6 Å². The number of rotatable bonds is 4. The molecule has 0 aliphatic carbocycles. The van der Waals surface area contributed by atoms with Gasteiger partial charge in [0.05, 0.1) is 4.90 Å². The first-order chi connectivity index (χ1) is 10.4. The molecular formula is C15H15FN2O3S. The van der Waals surface area contributed by atoms with E-state index in [1.807, 2.05) is 0 Å². The van der Waals surface area contributed by atoms with Gasteiger partial charge in [0, 0.05) is 24.1 Å². The van der Waals surface area contributed by atoms with Crippen molar-refractivity contribution in [3.05, 3.63) is 59.9 Å². The van der Waals surface area contributed by atoms with Gasteiger partial charge in [-0.3, -0.25) is 0 Å². The predicted molar refractivity (Wildman–Crippen MR) is 81.8 cm³/mol. The van der Waals surface area contributed by atoms with Crippen LogP contribution in [0.4, 0.5) is 14.9 Å². The van der Waals surface area contributed by atoms with Crippen molar-refractivity contribution in [3.63, 3.8) is 0 Å². The highest BCUT2D eigenvalue weighted by atomic mass is 32.2. The summed E-state index contributed by atoms with van der Waals surface area (Å²) in [4.78, 5) is 11.9. The molecule has 2 amide bonds. The van der Waals surface area contributed by atoms with Gasteiger partial charge >= 0.3 is 6.03 Å². The van der Waals surface area contributed by atoms with Crippen molar-refractivity contribution < 1.29 is 17.6 Å². The Morgan fingerprint density at radius 1 is 1.09 bits per heavy atom. The molecule has 0 radical (unpaired) electrons. The van der Waals surface area contributed by atoms with Gasteiger partial charge < -0.3 is 10.6 Å². The van der Waals surface area contributed by atoms with E-state index in [-0.39, 0.29) is 17.3 Å². The summed E-state index contributed by atoms with van der Waals surface area (Å²) in [6.45, 7) is 0.0555. The molecule has 0 fully saturated rings. The van der Waals surface area contributed by atoms with Crippen LogP contribution in [0.5, 0.6) is 0 Å². The van der Waals surface area contributed by atoms with Crippen LogP contribution in [0.2, 0.25) is 0 Å². The number of hydrogen-bond donors (Lipinski definition) is 2. The Kier molecular flexibility index (Phi) is 4.77. The van der Waals surface area contributed by atoms with Crippen LogP contribution in [0.15, 0.2) is 53.4 Å². The summed E-state index contributed by atoms with van der Waals surface area (Å²) < 4.78 is 36.0. The average molecular weight is 322 g/mol. The lowest BCUT2D eigenvalue weighted by Crippen LogP contribution is -2.28. The quantitative estimate of drug-likeness (QED) is 0.908. The number of halogens is 1. The van der Waals surface area contributed by atoms with Crippen molar-refractivity contribution in [2.45, 2.75) is 11.4 Å². The maximum absolute atomic E-state index is 13.4. The lowest BCUT2D eigenvalue weighted by molar-refractivity contribution is 0.251. The summed E-state index contributed by atoms with van der Waals surface area (Å²) in [5, 5.41) is 5.07. The second kappa shape index (κ2) is 6.57. The second-order valence-corrected chi connectivity index (χ2v) is 6.71. The zero-order valence-electron chi connectivity index (χ0n) is 11.8. The van der Waals surface area contributed by atoms with Crippen molar-refractivity contribution in [1.29, 1.82) is 0 Å². The molecule has 2 N–H and O–H groups in total. The Hall–Kier alpha value is -2.41. The topological polar surface area (TPSA) is 75.3 Å². The molecule has 2 aromatic carbocycles. The third kappa shape index (κ3) is 4.29. The molecule has 0 spiro atoms. The van der Waals surface area contributed by atoms with Crippen LogP contribution < -0.4 is 10.6 Å². The van der Waals surface area contributed by atoms with Gasteiger partial charge in [-0.25, -0.2) is 17.6 Å². The third-order valence-corrected chi connectivity index (χ3v) is 4.07. The molecule has 2 aromatic rings. The number of anilines is 1. The summed E-state index contributed by atoms with van der Waals surface area (Å²) >= 11 is 0. The van der Waals surface area contributed by atoms with Gasteiger partial charge in [-0.1, -0.05) is 18.2 Å². The van der Waals surface area contributed by atoms with Crippen LogP contribution in [0.25, 0.3) is 0 Å². The standard InChI is InChI=1S/C15H15FN2O3S/c1-22(20,21)13-8-6-12(7-9-13)18-15(19)17-10-11-4-2-3-5-14(11)16/h2-9H,10H2,1H3,(H2,17,18,19). The van der Waals surface area contributed by atoms with Gasteiger partial charge in [0.15, 0.2) is 9.84 Å². The second-order valence-electron chi connectivity index (χ2n) is 4.70. The first kappa shape index (κ1) is 16.0. The highest BCUT2D eigenvalue weighted by molar-refractivity contribution is 7.90. The molecule has 0 saturated carbocycles. The first-order valence-electron chi connectivity index (χ1n) is 6.44. The van der Waals surface area contributed by atoms with E-state index >= 15 is 0 Å². The molecule has 0 aliphatic rings. The van der Waals surface area contributed by atoms with Gasteiger partial charge in [0.25, 0.3) is 0 Å². The maximum Gasteiger partial charge on any atom is 0.319 e. The van der Waals surface area contributed by atoms with Crippen molar-refractivity contribution in [2.24, 2.45) is 0 Å². The fourth-order valence-corrected chi connectivity index (χ4v) is 2.41. The van der Waals surface area contributed by atoms with Crippen LogP contribution in [0, 0.1) is 5.82 Å². The Labute approximate surface area is 128 Å². The molecule has 0 heterocycles. The fourth-order valence-electron chi connectivity index (χ4n) is 1.78. The summed E-state index contributed by atoms with van der Waals surface area (Å²) in [5.74, 6) is -0.389. The highest BCUT2D eigenvalue weighted by Gasteiger charge is 2.08. The number of sulfone groups is 1. The molecule has 5 nitrogen and oxygen atoms in total. The van der Waals surface area contributed by atoms with Crippen molar-refractivity contribution in [2.75, 3.05) is 11.6 Å². The molecule has 116 valence electrons. The molecule has 0 saturated heterocycles. The molecular weight excluding hydrogens is 307 g/mol. The van der Waals surface area contributed by atoms with E-state index in [0.29, 0.717) is 11.3 Å². The summed E-state index contributed by atoms with van der Waals surface area (Å²) in [7, 11) is -3.27. The Bertz CT molecular complexity index is 774. The van der Waals surface area contributed by atoms with Crippen LogP contribution in [0.1, 0.15) is 5.56 Å². The SMILES string of the molecule is CS(=O)(=O)c1ccc(NC(=O)NCc2ccccc2F)cc1. The largest absolute Gasteiger partial charge is 0.334 e. The smallest absolute Gasteiger partial charge is 0.319 e. The van der Waals surface area contributed by atoms with Gasteiger partial charge in [0.1, 0.15) is 5.82 Å². The van der Waals surface area contributed by atoms with Gasteiger partial charge in [-0.15, -0.1) is 0 Å². The van der Waals surface area contributed by atoms with Crippen LogP contribution in [-0.4, -0.2) is 20.7 Å². The Morgan fingerprint density at radius 2 is 1.73 bits per heavy atom. The van der Waals surface area contributed by atoms with Crippen molar-refractivity contribution in [1.82, 2.24) is 5.32 Å². The molecule has 0 bridgehead atoms. The molecule has 0 aromatic heterocycles. The van der Waals surface area contributed by atoms with Crippen LogP contribution in [0.3, 0.4) is 0 Å². The van der Waals surface area contributed by atoms with Crippen molar-refractivity contribution in [3.8, 4) is 0 Å². The highest BCUT2D eigenvalue weighted by Crippen LogP contribution is 2.13. The lowest BCUT2D eigenvalue weighted by atomic mass is 10.2. The number of carbonyl (C=O) groups excluding carboxylic acids is 1. The lowest BCUT2D eigenvalue weighted by Gasteiger charge is -2.08. The third-order valence-electron chi connectivity index (χ3n) is 2.94. The average Bonchev–Trinajstić information content (AvgIpc) is 2.46. The van der Waals surface area contributed by atoms with E-state index in [1.165, 1.54) is 30.3 Å². The zero-order valence-corrected chi connectivity index (χ0v) is 12.7. The van der Waals surface area contributed by atoms with E-state index in [2.05, 4.69) is 10.6 Å². The zero-order chi connectivity index (χ0) is 16.2. The van der Waals surface area contributed by atoms with Gasteiger partial charge in [-0.2, -0.15) is 0 Å². The number of hydrogen-bond acceptors (Lipinski definition) is 3. The predicted octanol–water partition coefficient (Wildman–Crippen LogP) is 2.55. The first-order valence-corrected chi connectivity index (χ1v) is 8.34. The van der Waals surface area contributed by atoms with E-state index in [1.54, 1.807) is 18.2 Å². The van der Waals surface area contributed by atoms with E-state index in [0.717, 1.165) is 6.26 Å². The minimum absolute atomic E-state index is 0.0555. The van der Waals surface area contributed by atoms with Gasteiger partial charge in [-0.05, 0) is 30.3 Å². The summed E-state index contributed by atoms with van der Waals surface area (Å²) in [5.41, 5.74) is 0.823. The normalized spacial score (nSPS) is 11.0. The van der Waals surface area contributed by atoms with Crippen LogP contribution in [-0.2, 0) is 16.4 Å². The molecule has 0 unspecified atom stereocenters. The number of carbonyl (C=O) groups is 1. The number of benzene rings is 2. The fraction of sp³-hybridized carbons (Fsp3) is 0.133. The maximum atomic E-state index is 13.4. The van der Waals surface area contributed by atoms with Crippen molar-refractivity contribution >= 4 is 21.6 Å². The molecule has 0 aliphatic heterocycles. The van der Waals surface area contributed by atoms with Gasteiger partial charge in [0.2, 0.25) is 0 Å². The Morgan fingerprint density at radius 3 is 2.32 bits per heavy atom.